The Bertz CT molecular complexity index is 1390. The molecule has 2 heterocycles. The lowest BCUT2D eigenvalue weighted by atomic mass is 9.92. The van der Waals surface area contributed by atoms with Gasteiger partial charge in [-0.3, -0.25) is 10.1 Å². The average Bonchev–Trinajstić information content (AvgIpc) is 3.34. The molecule has 0 saturated carbocycles. The van der Waals surface area contributed by atoms with Gasteiger partial charge in [0.15, 0.2) is 0 Å². The Morgan fingerprint density at radius 2 is 1.83 bits per heavy atom. The van der Waals surface area contributed by atoms with E-state index < -0.39 is 22.1 Å². The lowest BCUT2D eigenvalue weighted by Gasteiger charge is -2.15. The number of rotatable bonds is 6. The zero-order valence-electron chi connectivity index (χ0n) is 20.4. The van der Waals surface area contributed by atoms with Gasteiger partial charge in [0.25, 0.3) is 0 Å². The van der Waals surface area contributed by atoms with Gasteiger partial charge in [0.2, 0.25) is 5.91 Å². The molecule has 12 heteroatoms. The Balaban J connectivity index is 1.60. The fourth-order valence-electron chi connectivity index (χ4n) is 3.60. The van der Waals surface area contributed by atoms with E-state index in [1.54, 1.807) is 66.4 Å². The molecule has 3 amide bonds. The highest BCUT2D eigenvalue weighted by Gasteiger charge is 2.33. The third-order valence-corrected chi connectivity index (χ3v) is 6.91. The van der Waals surface area contributed by atoms with Crippen molar-refractivity contribution in [3.8, 4) is 11.4 Å². The number of anilines is 2. The summed E-state index contributed by atoms with van der Waals surface area (Å²) >= 11 is 0. The molecule has 0 unspecified atom stereocenters. The largest absolute Gasteiger partial charge is 0.497 e. The van der Waals surface area contributed by atoms with Crippen molar-refractivity contribution in [3.05, 3.63) is 65.9 Å². The van der Waals surface area contributed by atoms with Crippen molar-refractivity contribution in [1.82, 2.24) is 18.8 Å². The Hall–Kier alpha value is -3.90. The number of urea groups is 1. The van der Waals surface area contributed by atoms with Crippen molar-refractivity contribution < 1.29 is 22.7 Å². The summed E-state index contributed by atoms with van der Waals surface area (Å²) in [6.45, 7) is 5.82. The molecule has 11 nitrogen and oxygen atoms in total. The average molecular weight is 513 g/mol. The molecule has 0 bridgehead atoms. The lowest BCUT2D eigenvalue weighted by molar-refractivity contribution is -0.118. The minimum absolute atomic E-state index is 0.0169. The summed E-state index contributed by atoms with van der Waals surface area (Å²) in [6, 6.07) is 15.4. The van der Waals surface area contributed by atoms with E-state index in [9.17, 15) is 18.0 Å². The summed E-state index contributed by atoms with van der Waals surface area (Å²) < 4.78 is 34.0. The number of aromatic nitrogens is 2. The quantitative estimate of drug-likeness (QED) is 0.465. The maximum atomic E-state index is 12.8. The summed E-state index contributed by atoms with van der Waals surface area (Å²) in [6.07, 6.45) is 0. The number of ether oxygens (including phenoxy) is 1. The van der Waals surface area contributed by atoms with Crippen molar-refractivity contribution in [2.75, 3.05) is 24.3 Å². The summed E-state index contributed by atoms with van der Waals surface area (Å²) in [5.74, 6) is 0.548. The standard InChI is InChI=1S/C24H28N6O5S/c1-24(2,3)20-13-21(26-23(32)25-17-8-10-19(35-4)11-9-17)30(27-20)18-7-5-6-16(12-18)14-29-15-22(31)28-36(29,33)34/h5-13H,14-15H2,1-4H3,(H,28,31)(H2,25,26,32). The SMILES string of the molecule is COc1ccc(NC(=O)Nc2cc(C(C)(C)C)nn2-c2cccc(CN3CC(=O)NS3(=O)=O)c2)cc1. The van der Waals surface area contributed by atoms with Gasteiger partial charge >= 0.3 is 16.2 Å². The van der Waals surface area contributed by atoms with E-state index in [0.29, 0.717) is 28.5 Å². The maximum absolute atomic E-state index is 12.8. The predicted molar refractivity (Wildman–Crippen MR) is 135 cm³/mol. The van der Waals surface area contributed by atoms with Crippen molar-refractivity contribution in [1.29, 1.82) is 0 Å². The van der Waals surface area contributed by atoms with Crippen LogP contribution >= 0.6 is 0 Å². The van der Waals surface area contributed by atoms with Crippen LogP contribution in [-0.2, 0) is 27.0 Å². The molecule has 3 N–H and O–H groups in total. The molecule has 1 aromatic heterocycles. The van der Waals surface area contributed by atoms with Crippen LogP contribution in [-0.4, -0.2) is 48.1 Å². The Morgan fingerprint density at radius 3 is 2.44 bits per heavy atom. The monoisotopic (exact) mass is 512 g/mol. The van der Waals surface area contributed by atoms with Crippen LogP contribution in [0.2, 0.25) is 0 Å². The molecule has 36 heavy (non-hydrogen) atoms. The maximum Gasteiger partial charge on any atom is 0.324 e. The van der Waals surface area contributed by atoms with Crippen LogP contribution in [0.15, 0.2) is 54.6 Å². The van der Waals surface area contributed by atoms with Crippen LogP contribution in [0.5, 0.6) is 5.75 Å². The first-order chi connectivity index (χ1) is 16.9. The van der Waals surface area contributed by atoms with Gasteiger partial charge in [0.05, 0.1) is 25.0 Å². The molecule has 3 aromatic rings. The number of nitrogens with one attached hydrogen (secondary N) is 3. The van der Waals surface area contributed by atoms with Crippen molar-refractivity contribution >= 4 is 33.7 Å². The van der Waals surface area contributed by atoms with Crippen LogP contribution < -0.4 is 20.1 Å². The summed E-state index contributed by atoms with van der Waals surface area (Å²) in [7, 11) is -2.28. The van der Waals surface area contributed by atoms with Crippen LogP contribution in [0.1, 0.15) is 32.0 Å². The number of hydrogen-bond acceptors (Lipinski definition) is 6. The van der Waals surface area contributed by atoms with Gasteiger partial charge < -0.3 is 10.1 Å². The zero-order valence-corrected chi connectivity index (χ0v) is 21.2. The molecule has 190 valence electrons. The van der Waals surface area contributed by atoms with E-state index in [1.807, 2.05) is 25.5 Å². The second kappa shape index (κ2) is 9.63. The minimum Gasteiger partial charge on any atom is -0.497 e. The van der Waals surface area contributed by atoms with E-state index in [0.717, 1.165) is 10.00 Å². The Labute approximate surface area is 209 Å². The fraction of sp³-hybridized carbons (Fsp3) is 0.292. The number of hydrogen-bond donors (Lipinski definition) is 3. The number of nitrogens with zero attached hydrogens (tertiary/aromatic N) is 3. The minimum atomic E-state index is -3.85. The predicted octanol–water partition coefficient (Wildman–Crippen LogP) is 3.00. The number of carbonyl (C=O) groups is 2. The highest BCUT2D eigenvalue weighted by Crippen LogP contribution is 2.27. The summed E-state index contributed by atoms with van der Waals surface area (Å²) in [5, 5.41) is 10.3. The molecule has 1 aliphatic heterocycles. The van der Waals surface area contributed by atoms with Crippen LogP contribution in [0.25, 0.3) is 5.69 Å². The molecule has 0 spiro atoms. The van der Waals surface area contributed by atoms with Gasteiger partial charge in [-0.1, -0.05) is 32.9 Å². The number of methoxy groups -OCH3 is 1. The van der Waals surface area contributed by atoms with Gasteiger partial charge in [-0.2, -0.15) is 17.8 Å². The topological polar surface area (TPSA) is 135 Å². The van der Waals surface area contributed by atoms with E-state index in [2.05, 4.69) is 10.6 Å². The van der Waals surface area contributed by atoms with E-state index in [4.69, 9.17) is 9.84 Å². The zero-order chi connectivity index (χ0) is 26.1. The first kappa shape index (κ1) is 25.2. The third kappa shape index (κ3) is 5.66. The van der Waals surface area contributed by atoms with Crippen LogP contribution in [0, 0.1) is 0 Å². The molecular weight excluding hydrogens is 484 g/mol. The number of amides is 3. The highest BCUT2D eigenvalue weighted by molar-refractivity contribution is 7.88. The number of benzene rings is 2. The first-order valence-corrected chi connectivity index (χ1v) is 12.6. The molecule has 1 aliphatic rings. The molecule has 4 rings (SSSR count). The smallest absolute Gasteiger partial charge is 0.324 e. The molecule has 0 radical (unpaired) electrons. The van der Waals surface area contributed by atoms with Crippen LogP contribution in [0.4, 0.5) is 16.3 Å². The summed E-state index contributed by atoms with van der Waals surface area (Å²) in [5.41, 5.74) is 2.34. The van der Waals surface area contributed by atoms with Crippen molar-refractivity contribution in [2.24, 2.45) is 0 Å². The molecule has 0 aliphatic carbocycles. The van der Waals surface area contributed by atoms with Gasteiger partial charge in [0, 0.05) is 23.7 Å². The molecule has 1 fully saturated rings. The second-order valence-corrected chi connectivity index (χ2v) is 11.0. The van der Waals surface area contributed by atoms with E-state index in [-0.39, 0.29) is 18.5 Å². The fourth-order valence-corrected chi connectivity index (χ4v) is 4.69. The normalized spacial score (nSPS) is 15.4. The third-order valence-electron chi connectivity index (χ3n) is 5.48. The first-order valence-electron chi connectivity index (χ1n) is 11.2. The lowest BCUT2D eigenvalue weighted by Crippen LogP contribution is -2.29. The second-order valence-electron chi connectivity index (χ2n) is 9.35. The highest BCUT2D eigenvalue weighted by atomic mass is 32.2. The van der Waals surface area contributed by atoms with Gasteiger partial charge in [-0.05, 0) is 42.0 Å². The van der Waals surface area contributed by atoms with E-state index in [1.165, 1.54) is 0 Å². The van der Waals surface area contributed by atoms with Crippen molar-refractivity contribution in [3.63, 3.8) is 0 Å². The molecule has 0 atom stereocenters. The Kier molecular flexibility index (Phi) is 6.74. The van der Waals surface area contributed by atoms with Crippen LogP contribution in [0.3, 0.4) is 0 Å². The van der Waals surface area contributed by atoms with E-state index >= 15 is 0 Å². The van der Waals surface area contributed by atoms with Gasteiger partial charge in [-0.25, -0.2) is 14.2 Å². The Morgan fingerprint density at radius 1 is 1.11 bits per heavy atom. The molecular formula is C24H28N6O5S. The number of carbonyl (C=O) groups excluding carboxylic acids is 2. The van der Waals surface area contributed by atoms with Gasteiger partial charge in [-0.15, -0.1) is 0 Å². The van der Waals surface area contributed by atoms with Crippen molar-refractivity contribution in [2.45, 2.75) is 32.7 Å². The molecule has 2 aromatic carbocycles. The molecule has 1 saturated heterocycles. The summed E-state index contributed by atoms with van der Waals surface area (Å²) in [4.78, 5) is 24.3. The van der Waals surface area contributed by atoms with Gasteiger partial charge in [0.1, 0.15) is 11.6 Å².